The maximum atomic E-state index is 12.4. The fourth-order valence-electron chi connectivity index (χ4n) is 2.77. The molecule has 3 rings (SSSR count). The van der Waals surface area contributed by atoms with Gasteiger partial charge in [-0.05, 0) is 29.7 Å². The lowest BCUT2D eigenvalue weighted by Crippen LogP contribution is -2.34. The number of fused-ring (bicyclic) bond motifs is 1. The van der Waals surface area contributed by atoms with Gasteiger partial charge in [0.2, 0.25) is 5.91 Å². The second kappa shape index (κ2) is 6.34. The van der Waals surface area contributed by atoms with E-state index in [-0.39, 0.29) is 11.7 Å². The first kappa shape index (κ1) is 16.0. The van der Waals surface area contributed by atoms with Crippen molar-refractivity contribution in [2.75, 3.05) is 17.2 Å². The average molecular weight is 350 g/mol. The highest BCUT2D eigenvalue weighted by Crippen LogP contribution is 2.28. The zero-order valence-electron chi connectivity index (χ0n) is 12.4. The van der Waals surface area contributed by atoms with Crippen LogP contribution >= 0.6 is 11.6 Å². The monoisotopic (exact) mass is 349 g/mol. The number of sulfone groups is 1. The molecule has 0 atom stereocenters. The largest absolute Gasteiger partial charge is 0.311 e. The minimum Gasteiger partial charge on any atom is -0.311 e. The lowest BCUT2D eigenvalue weighted by atomic mass is 10.2. The van der Waals surface area contributed by atoms with E-state index in [1.807, 2.05) is 24.3 Å². The molecule has 0 saturated carbocycles. The molecule has 2 aromatic rings. The number of para-hydroxylation sites is 1. The second-order valence-electron chi connectivity index (χ2n) is 5.55. The summed E-state index contributed by atoms with van der Waals surface area (Å²) in [5.74, 6) is -1.12. The van der Waals surface area contributed by atoms with Crippen LogP contribution in [0, 0.1) is 0 Å². The Kier molecular flexibility index (Phi) is 4.41. The molecule has 0 aliphatic carbocycles. The normalized spacial score (nSPS) is 13.9. The molecule has 1 aliphatic heterocycles. The van der Waals surface area contributed by atoms with Gasteiger partial charge in [0.15, 0.2) is 9.84 Å². The van der Waals surface area contributed by atoms with Crippen molar-refractivity contribution < 1.29 is 13.2 Å². The first-order chi connectivity index (χ1) is 11.0. The third-order valence-electron chi connectivity index (χ3n) is 3.86. The van der Waals surface area contributed by atoms with Crippen molar-refractivity contribution in [3.05, 3.63) is 64.7 Å². The number of halogens is 1. The molecule has 0 unspecified atom stereocenters. The van der Waals surface area contributed by atoms with Gasteiger partial charge in [-0.2, -0.15) is 0 Å². The van der Waals surface area contributed by atoms with Crippen molar-refractivity contribution in [3.63, 3.8) is 0 Å². The van der Waals surface area contributed by atoms with E-state index in [9.17, 15) is 13.2 Å². The number of hydrogen-bond donors (Lipinski definition) is 0. The summed E-state index contributed by atoms with van der Waals surface area (Å²) in [6, 6.07) is 14.4. The molecule has 1 amide bonds. The summed E-state index contributed by atoms with van der Waals surface area (Å²) in [7, 11) is -3.57. The van der Waals surface area contributed by atoms with Crippen LogP contribution < -0.4 is 4.90 Å². The highest BCUT2D eigenvalue weighted by molar-refractivity contribution is 7.91. The Hall–Kier alpha value is -1.85. The molecule has 0 saturated heterocycles. The lowest BCUT2D eigenvalue weighted by Gasteiger charge is -2.17. The molecule has 0 fully saturated rings. The highest BCUT2D eigenvalue weighted by atomic mass is 35.5. The quantitative estimate of drug-likeness (QED) is 0.852. The van der Waals surface area contributed by atoms with E-state index in [0.717, 1.165) is 17.7 Å². The molecule has 6 heteroatoms. The van der Waals surface area contributed by atoms with E-state index in [4.69, 9.17) is 11.6 Å². The van der Waals surface area contributed by atoms with E-state index in [2.05, 4.69) is 0 Å². The SMILES string of the molecule is O=C(CS(=O)(=O)Cc1ccccc1Cl)N1CCc2ccccc21. The Bertz CT molecular complexity index is 848. The number of carbonyl (C=O) groups excluding carboxylic acids is 1. The van der Waals surface area contributed by atoms with Gasteiger partial charge in [0.05, 0.1) is 5.75 Å². The van der Waals surface area contributed by atoms with Crippen molar-refractivity contribution in [2.24, 2.45) is 0 Å². The number of anilines is 1. The molecular weight excluding hydrogens is 334 g/mol. The average Bonchev–Trinajstić information content (AvgIpc) is 2.93. The van der Waals surface area contributed by atoms with Gasteiger partial charge in [-0.25, -0.2) is 8.42 Å². The fraction of sp³-hybridized carbons (Fsp3) is 0.235. The molecule has 2 aromatic carbocycles. The molecule has 0 aromatic heterocycles. The molecular formula is C17H16ClNO3S. The summed E-state index contributed by atoms with van der Waals surface area (Å²) in [6.07, 6.45) is 0.756. The molecule has 0 radical (unpaired) electrons. The number of benzene rings is 2. The predicted octanol–water partition coefficient (Wildman–Crippen LogP) is 2.84. The Labute approximate surface area is 140 Å². The minimum atomic E-state index is -3.57. The van der Waals surface area contributed by atoms with Gasteiger partial charge < -0.3 is 4.90 Å². The van der Waals surface area contributed by atoms with Crippen molar-refractivity contribution in [1.29, 1.82) is 0 Å². The maximum absolute atomic E-state index is 12.4. The Morgan fingerprint density at radius 3 is 2.57 bits per heavy atom. The molecule has 1 aliphatic rings. The number of amides is 1. The van der Waals surface area contributed by atoms with Crippen LogP contribution in [0.2, 0.25) is 5.02 Å². The van der Waals surface area contributed by atoms with Gasteiger partial charge in [0.25, 0.3) is 0 Å². The zero-order valence-corrected chi connectivity index (χ0v) is 14.0. The van der Waals surface area contributed by atoms with Crippen LogP contribution in [0.25, 0.3) is 0 Å². The van der Waals surface area contributed by atoms with E-state index in [0.29, 0.717) is 17.1 Å². The maximum Gasteiger partial charge on any atom is 0.242 e. The van der Waals surface area contributed by atoms with E-state index >= 15 is 0 Å². The third kappa shape index (κ3) is 3.57. The minimum absolute atomic E-state index is 0.228. The summed E-state index contributed by atoms with van der Waals surface area (Å²) in [5.41, 5.74) is 2.40. The number of hydrogen-bond acceptors (Lipinski definition) is 3. The second-order valence-corrected chi connectivity index (χ2v) is 8.02. The van der Waals surface area contributed by atoms with Crippen molar-refractivity contribution in [1.82, 2.24) is 0 Å². The fourth-order valence-corrected chi connectivity index (χ4v) is 4.41. The van der Waals surface area contributed by atoms with Crippen LogP contribution in [0.15, 0.2) is 48.5 Å². The summed E-state index contributed by atoms with van der Waals surface area (Å²) >= 11 is 6.00. The van der Waals surface area contributed by atoms with Crippen LogP contribution in [0.3, 0.4) is 0 Å². The lowest BCUT2D eigenvalue weighted by molar-refractivity contribution is -0.116. The van der Waals surface area contributed by atoms with Crippen LogP contribution in [-0.4, -0.2) is 26.6 Å². The predicted molar refractivity (Wildman–Crippen MR) is 91.4 cm³/mol. The van der Waals surface area contributed by atoms with Gasteiger partial charge in [0, 0.05) is 17.3 Å². The number of carbonyl (C=O) groups is 1. The Morgan fingerprint density at radius 1 is 1.09 bits per heavy atom. The Balaban J connectivity index is 1.74. The van der Waals surface area contributed by atoms with Gasteiger partial charge >= 0.3 is 0 Å². The summed E-state index contributed by atoms with van der Waals surface area (Å²) < 4.78 is 24.7. The molecule has 4 nitrogen and oxygen atoms in total. The molecule has 1 heterocycles. The molecule has 0 bridgehead atoms. The van der Waals surface area contributed by atoms with Crippen molar-refractivity contribution in [2.45, 2.75) is 12.2 Å². The Morgan fingerprint density at radius 2 is 1.78 bits per heavy atom. The zero-order chi connectivity index (χ0) is 16.4. The first-order valence-electron chi connectivity index (χ1n) is 7.28. The molecule has 0 spiro atoms. The van der Waals surface area contributed by atoms with Crippen LogP contribution in [0.1, 0.15) is 11.1 Å². The van der Waals surface area contributed by atoms with Crippen LogP contribution in [0.5, 0.6) is 0 Å². The number of nitrogens with zero attached hydrogens (tertiary/aromatic N) is 1. The summed E-state index contributed by atoms with van der Waals surface area (Å²) in [5, 5.41) is 0.398. The van der Waals surface area contributed by atoms with Crippen LogP contribution in [-0.2, 0) is 26.8 Å². The van der Waals surface area contributed by atoms with Crippen LogP contribution in [0.4, 0.5) is 5.69 Å². The van der Waals surface area contributed by atoms with E-state index < -0.39 is 15.6 Å². The number of rotatable bonds is 4. The topological polar surface area (TPSA) is 54.5 Å². The first-order valence-corrected chi connectivity index (χ1v) is 9.48. The standard InChI is InChI=1S/C17H16ClNO3S/c18-15-7-3-1-6-14(15)11-23(21,22)12-17(20)19-10-9-13-5-2-4-8-16(13)19/h1-8H,9-12H2. The molecule has 120 valence electrons. The third-order valence-corrected chi connectivity index (χ3v) is 5.67. The summed E-state index contributed by atoms with van der Waals surface area (Å²) in [4.78, 5) is 14.0. The van der Waals surface area contributed by atoms with Gasteiger partial charge in [-0.1, -0.05) is 48.0 Å². The molecule has 23 heavy (non-hydrogen) atoms. The van der Waals surface area contributed by atoms with Crippen molar-refractivity contribution >= 4 is 33.0 Å². The van der Waals surface area contributed by atoms with E-state index in [1.165, 1.54) is 0 Å². The highest BCUT2D eigenvalue weighted by Gasteiger charge is 2.28. The smallest absolute Gasteiger partial charge is 0.242 e. The molecule has 0 N–H and O–H groups in total. The summed E-state index contributed by atoms with van der Waals surface area (Å²) in [6.45, 7) is 0.528. The van der Waals surface area contributed by atoms with E-state index in [1.54, 1.807) is 29.2 Å². The van der Waals surface area contributed by atoms with Gasteiger partial charge in [0.1, 0.15) is 5.75 Å². The van der Waals surface area contributed by atoms with Crippen molar-refractivity contribution in [3.8, 4) is 0 Å². The van der Waals surface area contributed by atoms with Gasteiger partial charge in [-0.3, -0.25) is 4.79 Å². The van der Waals surface area contributed by atoms with Gasteiger partial charge in [-0.15, -0.1) is 0 Å².